The van der Waals surface area contributed by atoms with Crippen molar-refractivity contribution >= 4 is 0 Å². The molecule has 2 N–H and O–H groups in total. The molecule has 0 aliphatic rings. The standard InChI is InChI=1S/C17H37NO2/c1-3-5-11-15-19-17(20-16-12-6-4-2)13-9-7-8-10-14-18/h17H,3-16,18H2,1-2H3. The molecule has 0 radical (unpaired) electrons. The van der Waals surface area contributed by atoms with Crippen LogP contribution in [0.1, 0.15) is 84.5 Å². The van der Waals surface area contributed by atoms with Gasteiger partial charge < -0.3 is 15.2 Å². The molecule has 0 saturated carbocycles. The summed E-state index contributed by atoms with van der Waals surface area (Å²) in [5.41, 5.74) is 5.51. The van der Waals surface area contributed by atoms with Gasteiger partial charge in [-0.25, -0.2) is 0 Å². The smallest absolute Gasteiger partial charge is 0.157 e. The maximum atomic E-state index is 5.88. The van der Waals surface area contributed by atoms with E-state index in [4.69, 9.17) is 15.2 Å². The molecule has 3 heteroatoms. The van der Waals surface area contributed by atoms with Crippen LogP contribution in [0, 0.1) is 0 Å². The van der Waals surface area contributed by atoms with E-state index in [9.17, 15) is 0 Å². The number of unbranched alkanes of at least 4 members (excludes halogenated alkanes) is 7. The Morgan fingerprint density at radius 1 is 0.700 bits per heavy atom. The summed E-state index contributed by atoms with van der Waals surface area (Å²) >= 11 is 0. The van der Waals surface area contributed by atoms with Crippen LogP contribution in [0.15, 0.2) is 0 Å². The second-order valence-electron chi connectivity index (χ2n) is 5.58. The molecule has 0 spiro atoms. The molecular formula is C17H37NO2. The third-order valence-electron chi connectivity index (χ3n) is 3.50. The molecule has 0 aromatic rings. The van der Waals surface area contributed by atoms with Gasteiger partial charge in [-0.3, -0.25) is 0 Å². The molecule has 0 heterocycles. The van der Waals surface area contributed by atoms with Crippen molar-refractivity contribution < 1.29 is 9.47 Å². The zero-order valence-electron chi connectivity index (χ0n) is 13.9. The lowest BCUT2D eigenvalue weighted by Gasteiger charge is -2.18. The molecule has 0 aliphatic heterocycles. The minimum absolute atomic E-state index is 0.0154. The molecule has 0 aromatic heterocycles. The van der Waals surface area contributed by atoms with Gasteiger partial charge in [-0.2, -0.15) is 0 Å². The van der Waals surface area contributed by atoms with Crippen LogP contribution < -0.4 is 5.73 Å². The lowest BCUT2D eigenvalue weighted by molar-refractivity contribution is -0.148. The van der Waals surface area contributed by atoms with Crippen LogP contribution in [0.5, 0.6) is 0 Å². The number of hydrogen-bond donors (Lipinski definition) is 1. The van der Waals surface area contributed by atoms with Gasteiger partial charge in [0.1, 0.15) is 0 Å². The van der Waals surface area contributed by atoms with Gasteiger partial charge >= 0.3 is 0 Å². The SMILES string of the molecule is CCCCCOC(CCCCCCN)OCCCCC. The summed E-state index contributed by atoms with van der Waals surface area (Å²) in [7, 11) is 0. The number of ether oxygens (including phenoxy) is 2. The quantitative estimate of drug-likeness (QED) is 0.332. The zero-order valence-corrected chi connectivity index (χ0v) is 13.9. The van der Waals surface area contributed by atoms with Gasteiger partial charge in [-0.05, 0) is 38.6 Å². The largest absolute Gasteiger partial charge is 0.353 e. The van der Waals surface area contributed by atoms with Gasteiger partial charge in [0.2, 0.25) is 0 Å². The fourth-order valence-corrected chi connectivity index (χ4v) is 2.16. The Bertz CT molecular complexity index is 164. The molecule has 0 aliphatic carbocycles. The lowest BCUT2D eigenvalue weighted by Crippen LogP contribution is -2.19. The van der Waals surface area contributed by atoms with Gasteiger partial charge in [0.15, 0.2) is 6.29 Å². The summed E-state index contributed by atoms with van der Waals surface area (Å²) in [6, 6.07) is 0. The Labute approximate surface area is 126 Å². The lowest BCUT2D eigenvalue weighted by atomic mass is 10.1. The Balaban J connectivity index is 3.67. The summed E-state index contributed by atoms with van der Waals surface area (Å²) in [4.78, 5) is 0. The summed E-state index contributed by atoms with van der Waals surface area (Å²) in [5, 5.41) is 0. The molecule has 0 unspecified atom stereocenters. The van der Waals surface area contributed by atoms with E-state index in [1.807, 2.05) is 0 Å². The van der Waals surface area contributed by atoms with Gasteiger partial charge in [0.25, 0.3) is 0 Å². The first kappa shape index (κ1) is 19.9. The molecule has 0 aromatic carbocycles. The monoisotopic (exact) mass is 287 g/mol. The Morgan fingerprint density at radius 3 is 1.75 bits per heavy atom. The highest BCUT2D eigenvalue weighted by atomic mass is 16.7. The van der Waals surface area contributed by atoms with Crippen molar-refractivity contribution in [3.8, 4) is 0 Å². The number of hydrogen-bond acceptors (Lipinski definition) is 3. The first-order valence-corrected chi connectivity index (χ1v) is 8.78. The van der Waals surface area contributed by atoms with Gasteiger partial charge in [-0.1, -0.05) is 52.4 Å². The van der Waals surface area contributed by atoms with Crippen molar-refractivity contribution in [1.29, 1.82) is 0 Å². The van der Waals surface area contributed by atoms with Crippen molar-refractivity contribution in [3.63, 3.8) is 0 Å². The van der Waals surface area contributed by atoms with E-state index in [-0.39, 0.29) is 6.29 Å². The number of rotatable bonds is 16. The predicted molar refractivity (Wildman–Crippen MR) is 86.9 cm³/mol. The van der Waals surface area contributed by atoms with Crippen molar-refractivity contribution in [1.82, 2.24) is 0 Å². The van der Waals surface area contributed by atoms with Gasteiger partial charge in [0.05, 0.1) is 0 Å². The molecule has 3 nitrogen and oxygen atoms in total. The fraction of sp³-hybridized carbons (Fsp3) is 1.00. The van der Waals surface area contributed by atoms with E-state index in [0.717, 1.165) is 45.4 Å². The summed E-state index contributed by atoms with van der Waals surface area (Å²) in [6.45, 7) is 6.93. The molecule has 0 amide bonds. The minimum atomic E-state index is 0.0154. The summed E-state index contributed by atoms with van der Waals surface area (Å²) in [5.74, 6) is 0. The topological polar surface area (TPSA) is 44.5 Å². The maximum Gasteiger partial charge on any atom is 0.157 e. The van der Waals surface area contributed by atoms with E-state index in [2.05, 4.69) is 13.8 Å². The molecule has 122 valence electrons. The third kappa shape index (κ3) is 14.3. The molecule has 0 atom stereocenters. The Morgan fingerprint density at radius 2 is 1.25 bits per heavy atom. The maximum absolute atomic E-state index is 5.88. The molecule has 0 fully saturated rings. The van der Waals surface area contributed by atoms with Crippen LogP contribution in [-0.2, 0) is 9.47 Å². The van der Waals surface area contributed by atoms with Crippen LogP contribution in [-0.4, -0.2) is 26.0 Å². The first-order valence-electron chi connectivity index (χ1n) is 8.78. The van der Waals surface area contributed by atoms with Crippen LogP contribution in [0.25, 0.3) is 0 Å². The van der Waals surface area contributed by atoms with E-state index < -0.39 is 0 Å². The van der Waals surface area contributed by atoms with E-state index in [0.29, 0.717) is 0 Å². The first-order chi connectivity index (χ1) is 9.85. The molecular weight excluding hydrogens is 250 g/mol. The van der Waals surface area contributed by atoms with Crippen molar-refractivity contribution in [2.75, 3.05) is 19.8 Å². The fourth-order valence-electron chi connectivity index (χ4n) is 2.16. The van der Waals surface area contributed by atoms with Crippen LogP contribution in [0.2, 0.25) is 0 Å². The number of nitrogens with two attached hydrogens (primary N) is 1. The third-order valence-corrected chi connectivity index (χ3v) is 3.50. The Kier molecular flexibility index (Phi) is 16.8. The Hall–Kier alpha value is -0.120. The van der Waals surface area contributed by atoms with Crippen molar-refractivity contribution in [2.24, 2.45) is 5.73 Å². The zero-order chi connectivity index (χ0) is 14.9. The summed E-state index contributed by atoms with van der Waals surface area (Å²) in [6.07, 6.45) is 13.1. The predicted octanol–water partition coefficient (Wildman–Crippen LogP) is 4.64. The highest BCUT2D eigenvalue weighted by molar-refractivity contribution is 4.51. The van der Waals surface area contributed by atoms with E-state index in [1.54, 1.807) is 0 Å². The van der Waals surface area contributed by atoms with Crippen molar-refractivity contribution in [3.05, 3.63) is 0 Å². The van der Waals surface area contributed by atoms with Crippen LogP contribution in [0.3, 0.4) is 0 Å². The highest BCUT2D eigenvalue weighted by Crippen LogP contribution is 2.11. The van der Waals surface area contributed by atoms with E-state index in [1.165, 1.54) is 44.9 Å². The molecule has 0 bridgehead atoms. The van der Waals surface area contributed by atoms with Crippen LogP contribution >= 0.6 is 0 Å². The average Bonchev–Trinajstić information content (AvgIpc) is 2.47. The normalized spacial score (nSPS) is 11.4. The molecule has 20 heavy (non-hydrogen) atoms. The average molecular weight is 287 g/mol. The second kappa shape index (κ2) is 16.9. The summed E-state index contributed by atoms with van der Waals surface area (Å²) < 4.78 is 11.8. The van der Waals surface area contributed by atoms with Gasteiger partial charge in [0, 0.05) is 13.2 Å². The van der Waals surface area contributed by atoms with E-state index >= 15 is 0 Å². The van der Waals surface area contributed by atoms with Crippen LogP contribution in [0.4, 0.5) is 0 Å². The molecule has 0 saturated heterocycles. The van der Waals surface area contributed by atoms with Gasteiger partial charge in [-0.15, -0.1) is 0 Å². The van der Waals surface area contributed by atoms with Crippen molar-refractivity contribution in [2.45, 2.75) is 90.8 Å². The molecule has 0 rings (SSSR count). The minimum Gasteiger partial charge on any atom is -0.353 e. The second-order valence-corrected chi connectivity index (χ2v) is 5.58. The highest BCUT2D eigenvalue weighted by Gasteiger charge is 2.08.